The molecule has 4 aromatic rings. The lowest BCUT2D eigenvalue weighted by molar-refractivity contribution is -0.0522. The summed E-state index contributed by atoms with van der Waals surface area (Å²) in [6.45, 7) is -2.66. The predicted molar refractivity (Wildman–Crippen MR) is 124 cm³/mol. The van der Waals surface area contributed by atoms with Gasteiger partial charge in [-0.05, 0) is 59.5 Å². The maximum Gasteiger partial charge on any atom is 0.387 e. The van der Waals surface area contributed by atoms with Crippen LogP contribution in [0.4, 0.5) is 17.6 Å². The zero-order chi connectivity index (χ0) is 24.8. The molecule has 3 aromatic carbocycles. The lowest BCUT2D eigenvalue weighted by Crippen LogP contribution is -2.04. The van der Waals surface area contributed by atoms with Crippen LogP contribution in [0.1, 0.15) is 28.2 Å². The molecule has 0 radical (unpaired) electrons. The molecule has 0 fully saturated rings. The van der Waals surface area contributed by atoms with Crippen LogP contribution in [-0.4, -0.2) is 23.7 Å². The van der Waals surface area contributed by atoms with Crippen molar-refractivity contribution in [1.82, 2.24) is 9.97 Å². The fraction of sp³-hybridized carbons (Fsp3) is 0.259. The SMILES string of the molecule is COCc1ccnc(CCc2ccc3c(F)c(CCc4ccc(OC(F)F)c(F)c4)ccc3c2)n1. The van der Waals surface area contributed by atoms with Crippen molar-refractivity contribution in [2.75, 3.05) is 7.11 Å². The number of halogens is 4. The van der Waals surface area contributed by atoms with Crippen molar-refractivity contribution in [3.8, 4) is 5.75 Å². The van der Waals surface area contributed by atoms with Crippen molar-refractivity contribution in [3.63, 3.8) is 0 Å². The van der Waals surface area contributed by atoms with E-state index in [1.807, 2.05) is 24.3 Å². The number of alkyl halides is 2. The molecule has 0 N–H and O–H groups in total. The van der Waals surface area contributed by atoms with Gasteiger partial charge in [0.2, 0.25) is 0 Å². The Kier molecular flexibility index (Phi) is 7.92. The van der Waals surface area contributed by atoms with E-state index in [0.717, 1.165) is 34.6 Å². The van der Waals surface area contributed by atoms with Crippen LogP contribution in [0, 0.1) is 11.6 Å². The fourth-order valence-electron chi connectivity index (χ4n) is 3.95. The third-order valence-electron chi connectivity index (χ3n) is 5.69. The molecule has 0 aliphatic carbocycles. The van der Waals surface area contributed by atoms with Gasteiger partial charge < -0.3 is 9.47 Å². The minimum Gasteiger partial charge on any atom is -0.432 e. The van der Waals surface area contributed by atoms with Gasteiger partial charge in [-0.2, -0.15) is 8.78 Å². The highest BCUT2D eigenvalue weighted by Gasteiger charge is 2.12. The Morgan fingerprint density at radius 2 is 1.63 bits per heavy atom. The van der Waals surface area contributed by atoms with Gasteiger partial charge in [-0.1, -0.05) is 36.4 Å². The summed E-state index contributed by atoms with van der Waals surface area (Å²) in [6.07, 6.45) is 3.78. The van der Waals surface area contributed by atoms with Crippen LogP contribution >= 0.6 is 0 Å². The second-order valence-corrected chi connectivity index (χ2v) is 8.13. The van der Waals surface area contributed by atoms with Crippen molar-refractivity contribution in [2.24, 2.45) is 0 Å². The Morgan fingerprint density at radius 3 is 2.40 bits per heavy atom. The highest BCUT2D eigenvalue weighted by molar-refractivity contribution is 5.84. The molecular weight excluding hydrogens is 460 g/mol. The van der Waals surface area contributed by atoms with Crippen molar-refractivity contribution in [2.45, 2.75) is 38.9 Å². The van der Waals surface area contributed by atoms with E-state index in [1.54, 1.807) is 25.4 Å². The van der Waals surface area contributed by atoms with Crippen molar-refractivity contribution in [3.05, 3.63) is 101 Å². The molecule has 0 aliphatic heterocycles. The zero-order valence-electron chi connectivity index (χ0n) is 19.1. The van der Waals surface area contributed by atoms with Gasteiger partial charge in [0.05, 0.1) is 12.3 Å². The average molecular weight is 484 g/mol. The third kappa shape index (κ3) is 6.33. The Balaban J connectivity index is 1.42. The Labute approximate surface area is 200 Å². The lowest BCUT2D eigenvalue weighted by Gasteiger charge is -2.10. The Morgan fingerprint density at radius 1 is 0.857 bits per heavy atom. The molecule has 0 aliphatic rings. The monoisotopic (exact) mass is 484 g/mol. The maximum absolute atomic E-state index is 15.1. The third-order valence-corrected chi connectivity index (χ3v) is 5.69. The van der Waals surface area contributed by atoms with Gasteiger partial charge in [-0.25, -0.2) is 18.7 Å². The highest BCUT2D eigenvalue weighted by atomic mass is 19.3. The predicted octanol–water partition coefficient (Wildman–Crippen LogP) is 6.23. The average Bonchev–Trinajstić information content (AvgIpc) is 2.84. The number of aryl methyl sites for hydroxylation is 4. The first-order valence-electron chi connectivity index (χ1n) is 11.2. The molecule has 35 heavy (non-hydrogen) atoms. The van der Waals surface area contributed by atoms with E-state index < -0.39 is 18.2 Å². The summed E-state index contributed by atoms with van der Waals surface area (Å²) in [7, 11) is 1.62. The highest BCUT2D eigenvalue weighted by Crippen LogP contribution is 2.25. The fourth-order valence-corrected chi connectivity index (χ4v) is 3.95. The van der Waals surface area contributed by atoms with Gasteiger partial charge >= 0.3 is 6.61 Å². The molecule has 1 heterocycles. The van der Waals surface area contributed by atoms with Crippen LogP contribution in [-0.2, 0) is 37.0 Å². The summed E-state index contributed by atoms with van der Waals surface area (Å²) in [6, 6.07) is 14.8. The molecule has 1 aromatic heterocycles. The summed E-state index contributed by atoms with van der Waals surface area (Å²) in [5, 5.41) is 1.30. The first-order chi connectivity index (χ1) is 16.9. The normalized spacial score (nSPS) is 11.4. The number of benzene rings is 3. The smallest absolute Gasteiger partial charge is 0.387 e. The van der Waals surface area contributed by atoms with E-state index in [2.05, 4.69) is 14.7 Å². The van der Waals surface area contributed by atoms with Crippen molar-refractivity contribution < 1.29 is 27.0 Å². The summed E-state index contributed by atoms with van der Waals surface area (Å²) in [4.78, 5) is 8.78. The number of hydrogen-bond donors (Lipinski definition) is 0. The molecule has 0 amide bonds. The summed E-state index contributed by atoms with van der Waals surface area (Å²) < 4.78 is 62.9. The van der Waals surface area contributed by atoms with Crippen LogP contribution in [0.25, 0.3) is 10.8 Å². The summed E-state index contributed by atoms with van der Waals surface area (Å²) >= 11 is 0. The lowest BCUT2D eigenvalue weighted by atomic mass is 9.98. The van der Waals surface area contributed by atoms with Crippen LogP contribution in [0.3, 0.4) is 0 Å². The Bertz CT molecular complexity index is 1310. The van der Waals surface area contributed by atoms with Gasteiger partial charge in [0.1, 0.15) is 11.6 Å². The second-order valence-electron chi connectivity index (χ2n) is 8.13. The molecule has 4 nitrogen and oxygen atoms in total. The number of ether oxygens (including phenoxy) is 2. The number of hydrogen-bond acceptors (Lipinski definition) is 4. The van der Waals surface area contributed by atoms with E-state index in [0.29, 0.717) is 48.8 Å². The number of rotatable bonds is 10. The zero-order valence-corrected chi connectivity index (χ0v) is 19.1. The van der Waals surface area contributed by atoms with Crippen LogP contribution in [0.2, 0.25) is 0 Å². The van der Waals surface area contributed by atoms with E-state index in [4.69, 9.17) is 4.74 Å². The number of aromatic nitrogens is 2. The van der Waals surface area contributed by atoms with Crippen LogP contribution in [0.15, 0.2) is 60.8 Å². The van der Waals surface area contributed by atoms with Gasteiger partial charge in [0.25, 0.3) is 0 Å². The molecule has 0 atom stereocenters. The molecule has 0 unspecified atom stereocenters. The minimum absolute atomic E-state index is 0.317. The molecule has 0 saturated heterocycles. The quantitative estimate of drug-likeness (QED) is 0.251. The number of fused-ring (bicyclic) bond motifs is 1. The van der Waals surface area contributed by atoms with Gasteiger partial charge in [0, 0.05) is 25.1 Å². The van der Waals surface area contributed by atoms with Gasteiger partial charge in [0.15, 0.2) is 11.6 Å². The molecule has 4 rings (SSSR count). The molecule has 0 spiro atoms. The van der Waals surface area contributed by atoms with Crippen LogP contribution < -0.4 is 4.74 Å². The van der Waals surface area contributed by atoms with E-state index in [1.165, 1.54) is 6.07 Å². The Hall–Kier alpha value is -3.52. The summed E-state index contributed by atoms with van der Waals surface area (Å²) in [5.74, 6) is -0.968. The second kappa shape index (κ2) is 11.3. The van der Waals surface area contributed by atoms with E-state index >= 15 is 4.39 Å². The topological polar surface area (TPSA) is 44.2 Å². The van der Waals surface area contributed by atoms with Crippen molar-refractivity contribution >= 4 is 10.8 Å². The molecule has 182 valence electrons. The van der Waals surface area contributed by atoms with Crippen LogP contribution in [0.5, 0.6) is 5.75 Å². The molecular formula is C27H24F4N2O2. The van der Waals surface area contributed by atoms with Gasteiger partial charge in [-0.15, -0.1) is 0 Å². The number of methoxy groups -OCH3 is 1. The maximum atomic E-state index is 15.1. The molecule has 0 bridgehead atoms. The first-order valence-corrected chi connectivity index (χ1v) is 11.2. The standard InChI is InChI=1S/C27H24F4N2O2/c1-34-16-21-12-13-32-25(33-21)11-5-17-3-9-22-20(14-17)8-7-19(26(22)29)6-2-18-4-10-24(23(28)15-18)35-27(30)31/h3-4,7-10,12-15,27H,2,5-6,11,16H2,1H3. The minimum atomic E-state index is -3.09. The van der Waals surface area contributed by atoms with Crippen molar-refractivity contribution in [1.29, 1.82) is 0 Å². The molecule has 8 heteroatoms. The largest absolute Gasteiger partial charge is 0.432 e. The van der Waals surface area contributed by atoms with Gasteiger partial charge in [-0.3, -0.25) is 0 Å². The molecule has 0 saturated carbocycles. The van der Waals surface area contributed by atoms with E-state index in [-0.39, 0.29) is 5.82 Å². The first kappa shape index (κ1) is 24.6. The van der Waals surface area contributed by atoms with E-state index in [9.17, 15) is 13.2 Å². The summed E-state index contributed by atoms with van der Waals surface area (Å²) in [5.41, 5.74) is 2.94. The number of nitrogens with zero attached hydrogens (tertiary/aromatic N) is 2.